The average Bonchev–Trinajstić information content (AvgIpc) is 2.89. The maximum absolute atomic E-state index is 11.4. The van der Waals surface area contributed by atoms with Gasteiger partial charge in [-0.1, -0.05) is 28.1 Å². The third kappa shape index (κ3) is 2.73. The first-order valence-electron chi connectivity index (χ1n) is 5.37. The van der Waals surface area contributed by atoms with Crippen LogP contribution in [0.15, 0.2) is 24.3 Å². The van der Waals surface area contributed by atoms with Crippen LogP contribution in [0.2, 0.25) is 0 Å². The number of hydrogen-bond donors (Lipinski definition) is 0. The van der Waals surface area contributed by atoms with Crippen LogP contribution in [-0.4, -0.2) is 32.8 Å². The third-order valence-electron chi connectivity index (χ3n) is 2.19. The number of carbonyl (C=O) groups excluding carboxylic acids is 1. The fourth-order valence-corrected chi connectivity index (χ4v) is 1.69. The van der Waals surface area contributed by atoms with E-state index in [4.69, 9.17) is 4.74 Å². The molecule has 0 unspecified atom stereocenters. The van der Waals surface area contributed by atoms with Gasteiger partial charge < -0.3 is 4.74 Å². The minimum absolute atomic E-state index is 0.0404. The lowest BCUT2D eigenvalue weighted by Crippen LogP contribution is -2.07. The van der Waals surface area contributed by atoms with Crippen LogP contribution in [0.5, 0.6) is 0 Å². The topological polar surface area (TPSA) is 69.9 Å². The molecule has 2 rings (SSSR count). The summed E-state index contributed by atoms with van der Waals surface area (Å²) in [7, 11) is 0. The SMILES string of the molecule is CCOC(=O)c1nnn(-c2ccc(CBr)cc2)n1. The number of tetrazole rings is 1. The molecule has 1 aromatic carbocycles. The number of rotatable bonds is 4. The van der Waals surface area contributed by atoms with E-state index in [1.54, 1.807) is 6.92 Å². The number of halogens is 1. The van der Waals surface area contributed by atoms with Crippen LogP contribution in [0.4, 0.5) is 0 Å². The van der Waals surface area contributed by atoms with Crippen molar-refractivity contribution in [2.75, 3.05) is 6.61 Å². The van der Waals surface area contributed by atoms with Crippen LogP contribution in [-0.2, 0) is 10.1 Å². The minimum atomic E-state index is -0.569. The summed E-state index contributed by atoms with van der Waals surface area (Å²) < 4.78 is 4.79. The molecule has 6 nitrogen and oxygen atoms in total. The Labute approximate surface area is 112 Å². The van der Waals surface area contributed by atoms with Crippen molar-refractivity contribution in [2.45, 2.75) is 12.3 Å². The summed E-state index contributed by atoms with van der Waals surface area (Å²) in [5.41, 5.74) is 1.88. The van der Waals surface area contributed by atoms with Crippen molar-refractivity contribution in [3.63, 3.8) is 0 Å². The Balaban J connectivity index is 2.20. The van der Waals surface area contributed by atoms with E-state index in [0.717, 1.165) is 16.6 Å². The van der Waals surface area contributed by atoms with Gasteiger partial charge in [0.2, 0.25) is 0 Å². The molecular weight excluding hydrogens is 300 g/mol. The first kappa shape index (κ1) is 12.7. The summed E-state index contributed by atoms with van der Waals surface area (Å²) >= 11 is 3.37. The molecule has 7 heteroatoms. The molecule has 0 aliphatic rings. The van der Waals surface area contributed by atoms with E-state index in [0.29, 0.717) is 0 Å². The number of carbonyl (C=O) groups is 1. The number of nitrogens with zero attached hydrogens (tertiary/aromatic N) is 4. The molecule has 0 atom stereocenters. The predicted molar refractivity (Wildman–Crippen MR) is 67.7 cm³/mol. The summed E-state index contributed by atoms with van der Waals surface area (Å²) in [5.74, 6) is -0.609. The Morgan fingerprint density at radius 3 is 2.72 bits per heavy atom. The van der Waals surface area contributed by atoms with E-state index in [-0.39, 0.29) is 12.4 Å². The molecule has 0 saturated carbocycles. The van der Waals surface area contributed by atoms with Gasteiger partial charge in [0, 0.05) is 5.33 Å². The lowest BCUT2D eigenvalue weighted by molar-refractivity contribution is 0.0512. The first-order chi connectivity index (χ1) is 8.74. The lowest BCUT2D eigenvalue weighted by atomic mass is 10.2. The van der Waals surface area contributed by atoms with E-state index >= 15 is 0 Å². The quantitative estimate of drug-likeness (QED) is 0.635. The number of benzene rings is 1. The van der Waals surface area contributed by atoms with E-state index in [1.807, 2.05) is 24.3 Å². The average molecular weight is 311 g/mol. The van der Waals surface area contributed by atoms with Crippen LogP contribution in [0.25, 0.3) is 5.69 Å². The highest BCUT2D eigenvalue weighted by atomic mass is 79.9. The zero-order valence-electron chi connectivity index (χ0n) is 9.71. The Morgan fingerprint density at radius 1 is 1.39 bits per heavy atom. The molecule has 0 radical (unpaired) electrons. The van der Waals surface area contributed by atoms with Crippen LogP contribution >= 0.6 is 15.9 Å². The van der Waals surface area contributed by atoms with E-state index in [2.05, 4.69) is 31.3 Å². The zero-order valence-corrected chi connectivity index (χ0v) is 11.3. The van der Waals surface area contributed by atoms with E-state index < -0.39 is 5.97 Å². The van der Waals surface area contributed by atoms with Crippen LogP contribution < -0.4 is 0 Å². The van der Waals surface area contributed by atoms with Crippen molar-refractivity contribution in [1.82, 2.24) is 20.2 Å². The van der Waals surface area contributed by atoms with Crippen molar-refractivity contribution in [3.8, 4) is 5.69 Å². The van der Waals surface area contributed by atoms with E-state index in [1.165, 1.54) is 4.80 Å². The Morgan fingerprint density at radius 2 is 2.11 bits per heavy atom. The number of hydrogen-bond acceptors (Lipinski definition) is 5. The third-order valence-corrected chi connectivity index (χ3v) is 2.84. The van der Waals surface area contributed by atoms with Gasteiger partial charge in [0.25, 0.3) is 5.82 Å². The molecule has 2 aromatic rings. The standard InChI is InChI=1S/C11H11BrN4O2/c1-2-18-11(17)10-13-15-16(14-10)9-5-3-8(7-12)4-6-9/h3-6H,2,7H2,1H3. The lowest BCUT2D eigenvalue weighted by Gasteiger charge is -1.99. The summed E-state index contributed by atoms with van der Waals surface area (Å²) in [5, 5.41) is 12.2. The molecule has 0 amide bonds. The molecule has 0 saturated heterocycles. The molecule has 0 bridgehead atoms. The Hall–Kier alpha value is -1.76. The normalized spacial score (nSPS) is 10.3. The summed E-state index contributed by atoms with van der Waals surface area (Å²) in [6.45, 7) is 2.01. The number of alkyl halides is 1. The van der Waals surface area contributed by atoms with Gasteiger partial charge >= 0.3 is 5.97 Å². The van der Waals surface area contributed by atoms with E-state index in [9.17, 15) is 4.79 Å². The van der Waals surface area contributed by atoms with Gasteiger partial charge in [0.1, 0.15) is 0 Å². The van der Waals surface area contributed by atoms with Crippen molar-refractivity contribution in [3.05, 3.63) is 35.7 Å². The summed E-state index contributed by atoms with van der Waals surface area (Å²) in [4.78, 5) is 12.7. The zero-order chi connectivity index (χ0) is 13.0. The first-order valence-corrected chi connectivity index (χ1v) is 6.49. The molecule has 94 valence electrons. The molecule has 18 heavy (non-hydrogen) atoms. The largest absolute Gasteiger partial charge is 0.460 e. The molecule has 0 aliphatic carbocycles. The molecule has 0 spiro atoms. The summed E-state index contributed by atoms with van der Waals surface area (Å²) in [6.07, 6.45) is 0. The van der Waals surface area contributed by atoms with Gasteiger partial charge in [-0.25, -0.2) is 4.79 Å². The molecule has 0 fully saturated rings. The highest BCUT2D eigenvalue weighted by Crippen LogP contribution is 2.10. The Bertz CT molecular complexity index is 538. The number of esters is 1. The van der Waals surface area contributed by atoms with Gasteiger partial charge in [0.05, 0.1) is 12.3 Å². The maximum atomic E-state index is 11.4. The smallest absolute Gasteiger partial charge is 0.380 e. The minimum Gasteiger partial charge on any atom is -0.460 e. The monoisotopic (exact) mass is 310 g/mol. The van der Waals surface area contributed by atoms with Crippen LogP contribution in [0.1, 0.15) is 23.1 Å². The van der Waals surface area contributed by atoms with Gasteiger partial charge in [0.15, 0.2) is 0 Å². The predicted octanol–water partition coefficient (Wildman–Crippen LogP) is 1.73. The highest BCUT2D eigenvalue weighted by Gasteiger charge is 2.14. The molecular formula is C11H11BrN4O2. The second-order valence-electron chi connectivity index (χ2n) is 3.42. The molecule has 0 aliphatic heterocycles. The van der Waals surface area contributed by atoms with Crippen molar-refractivity contribution < 1.29 is 9.53 Å². The van der Waals surface area contributed by atoms with Crippen molar-refractivity contribution >= 4 is 21.9 Å². The van der Waals surface area contributed by atoms with Crippen LogP contribution in [0.3, 0.4) is 0 Å². The maximum Gasteiger partial charge on any atom is 0.380 e. The highest BCUT2D eigenvalue weighted by molar-refractivity contribution is 9.08. The van der Waals surface area contributed by atoms with Gasteiger partial charge in [-0.3, -0.25) is 0 Å². The van der Waals surface area contributed by atoms with Gasteiger partial charge in [-0.15, -0.1) is 15.0 Å². The van der Waals surface area contributed by atoms with Crippen LogP contribution in [0, 0.1) is 0 Å². The van der Waals surface area contributed by atoms with Gasteiger partial charge in [-0.05, 0) is 29.8 Å². The second-order valence-corrected chi connectivity index (χ2v) is 3.98. The molecule has 0 N–H and O–H groups in total. The van der Waals surface area contributed by atoms with Crippen molar-refractivity contribution in [1.29, 1.82) is 0 Å². The number of ether oxygens (including phenoxy) is 1. The molecule has 1 aromatic heterocycles. The molecule has 1 heterocycles. The fraction of sp³-hybridized carbons (Fsp3) is 0.273. The fourth-order valence-electron chi connectivity index (χ4n) is 1.32. The second kappa shape index (κ2) is 5.72. The van der Waals surface area contributed by atoms with Crippen molar-refractivity contribution in [2.24, 2.45) is 0 Å². The van der Waals surface area contributed by atoms with Gasteiger partial charge in [-0.2, -0.15) is 0 Å². The number of aromatic nitrogens is 4. The summed E-state index contributed by atoms with van der Waals surface area (Å²) in [6, 6.07) is 7.59. The Kier molecular flexibility index (Phi) is 4.03.